The first kappa shape index (κ1) is 62.1. The van der Waals surface area contributed by atoms with Crippen LogP contribution >= 0.6 is 0 Å². The molecule has 0 spiro atoms. The summed E-state index contributed by atoms with van der Waals surface area (Å²) in [4.78, 5) is 12.5. The molecule has 4 heteroatoms. The highest BCUT2D eigenvalue weighted by Crippen LogP contribution is 2.18. The summed E-state index contributed by atoms with van der Waals surface area (Å²) in [7, 11) is 0. The average Bonchev–Trinajstić information content (AvgIpc) is 3.29. The minimum Gasteiger partial charge on any atom is -0.394 e. The molecule has 0 aromatic rings. The van der Waals surface area contributed by atoms with E-state index in [2.05, 4.69) is 31.3 Å². The van der Waals surface area contributed by atoms with Crippen molar-refractivity contribution >= 4 is 5.91 Å². The van der Waals surface area contributed by atoms with E-state index in [1.807, 2.05) is 0 Å². The Balaban J connectivity index is 3.36. The van der Waals surface area contributed by atoms with Crippen molar-refractivity contribution in [1.82, 2.24) is 5.32 Å². The van der Waals surface area contributed by atoms with Gasteiger partial charge in [-0.15, -0.1) is 0 Å². The molecule has 0 saturated heterocycles. The Morgan fingerprint density at radius 2 is 0.603 bits per heavy atom. The number of aliphatic hydroxyl groups excluding tert-OH is 2. The summed E-state index contributed by atoms with van der Waals surface area (Å²) in [6.45, 7) is 4.39. The quantitative estimate of drug-likeness (QED) is 0.0421. The zero-order valence-corrected chi connectivity index (χ0v) is 43.4. The predicted octanol–water partition coefficient (Wildman–Crippen LogP) is 19.3. The highest BCUT2D eigenvalue weighted by atomic mass is 16.3. The molecule has 0 aromatic carbocycles. The summed E-state index contributed by atoms with van der Waals surface area (Å²) in [5, 5.41) is 23.3. The number of carbonyl (C=O) groups excluding carboxylic acids is 1. The number of amides is 1. The van der Waals surface area contributed by atoms with Crippen molar-refractivity contribution in [2.75, 3.05) is 6.61 Å². The lowest BCUT2D eigenvalue weighted by Gasteiger charge is -2.22. The summed E-state index contributed by atoms with van der Waals surface area (Å²) in [5.74, 6) is -0.0234. The van der Waals surface area contributed by atoms with Crippen molar-refractivity contribution < 1.29 is 15.0 Å². The molecule has 63 heavy (non-hydrogen) atoms. The maximum Gasteiger partial charge on any atom is 0.220 e. The molecule has 2 atom stereocenters. The molecule has 376 valence electrons. The first-order chi connectivity index (χ1) is 31.2. The zero-order valence-electron chi connectivity index (χ0n) is 43.4. The van der Waals surface area contributed by atoms with Gasteiger partial charge in [0.15, 0.2) is 0 Å². The molecule has 0 aliphatic carbocycles. The number of allylic oxidation sites excluding steroid dienone is 2. The van der Waals surface area contributed by atoms with Crippen LogP contribution in [0.15, 0.2) is 12.2 Å². The number of hydrogen-bond acceptors (Lipinski definition) is 3. The molecule has 0 aliphatic rings. The Bertz CT molecular complexity index is 875. The number of unbranched alkanes of at least 4 members (excludes halogenated alkanes) is 46. The molecular weight excluding hydrogens is 771 g/mol. The van der Waals surface area contributed by atoms with Crippen molar-refractivity contribution in [3.63, 3.8) is 0 Å². The Hall–Kier alpha value is -0.870. The minimum atomic E-state index is -0.655. The van der Waals surface area contributed by atoms with Crippen LogP contribution in [0.2, 0.25) is 0 Å². The third-order valence-electron chi connectivity index (χ3n) is 14.0. The van der Waals surface area contributed by atoms with Gasteiger partial charge in [-0.1, -0.05) is 309 Å². The Labute approximate surface area is 397 Å². The molecule has 4 nitrogen and oxygen atoms in total. The lowest BCUT2D eigenvalue weighted by Crippen LogP contribution is -2.45. The van der Waals surface area contributed by atoms with Crippen molar-refractivity contribution in [3.8, 4) is 0 Å². The van der Waals surface area contributed by atoms with Crippen molar-refractivity contribution in [2.45, 2.75) is 353 Å². The molecule has 2 unspecified atom stereocenters. The standard InChI is InChI=1S/C59H117NO3/c1-3-5-7-9-11-13-15-17-19-21-22-23-24-25-26-27-28-29-30-31-32-33-34-35-36-37-38-39-41-43-45-47-49-51-53-55-59(63)60-57(56-61)58(62)54-52-50-48-46-44-42-40-20-18-16-14-12-10-8-6-4-2/h21-22,57-58,61-62H,3-20,23-56H2,1-2H3,(H,60,63)/b22-21-. The van der Waals surface area contributed by atoms with Gasteiger partial charge in [-0.25, -0.2) is 0 Å². The van der Waals surface area contributed by atoms with Crippen LogP contribution in [0.25, 0.3) is 0 Å². The van der Waals surface area contributed by atoms with Gasteiger partial charge in [-0.2, -0.15) is 0 Å². The van der Waals surface area contributed by atoms with Gasteiger partial charge in [0.1, 0.15) is 0 Å². The summed E-state index contributed by atoms with van der Waals surface area (Å²) in [6, 6.07) is -0.532. The smallest absolute Gasteiger partial charge is 0.220 e. The normalized spacial score (nSPS) is 12.8. The van der Waals surface area contributed by atoms with Crippen LogP contribution in [0.1, 0.15) is 341 Å². The SMILES string of the molecule is CCCCCCCCCC/C=C\CCCCCCCCCCCCCCCCCCCCCCCCCC(=O)NC(CO)C(O)CCCCCCCCCCCCCCCCCC. The summed E-state index contributed by atoms with van der Waals surface area (Å²) in [5.41, 5.74) is 0. The highest BCUT2D eigenvalue weighted by Gasteiger charge is 2.20. The molecule has 1 amide bonds. The second kappa shape index (κ2) is 55.5. The molecule has 0 heterocycles. The Morgan fingerprint density at radius 3 is 0.873 bits per heavy atom. The van der Waals surface area contributed by atoms with Crippen LogP contribution in [0.3, 0.4) is 0 Å². The molecule has 3 N–H and O–H groups in total. The van der Waals surface area contributed by atoms with Crippen LogP contribution in [0.4, 0.5) is 0 Å². The van der Waals surface area contributed by atoms with Crippen LogP contribution in [0, 0.1) is 0 Å². The fraction of sp³-hybridized carbons (Fsp3) is 0.949. The summed E-state index contributed by atoms with van der Waals surface area (Å²) < 4.78 is 0. The fourth-order valence-corrected chi connectivity index (χ4v) is 9.54. The third kappa shape index (κ3) is 52.0. The number of nitrogens with one attached hydrogen (secondary N) is 1. The van der Waals surface area contributed by atoms with Gasteiger partial charge in [-0.3, -0.25) is 4.79 Å². The van der Waals surface area contributed by atoms with Gasteiger partial charge in [-0.05, 0) is 38.5 Å². The van der Waals surface area contributed by atoms with Crippen LogP contribution in [-0.4, -0.2) is 34.9 Å². The van der Waals surface area contributed by atoms with Gasteiger partial charge in [0.25, 0.3) is 0 Å². The van der Waals surface area contributed by atoms with Gasteiger partial charge < -0.3 is 15.5 Å². The topological polar surface area (TPSA) is 69.6 Å². The Kier molecular flexibility index (Phi) is 54.7. The predicted molar refractivity (Wildman–Crippen MR) is 281 cm³/mol. The molecule has 0 fully saturated rings. The molecule has 0 bridgehead atoms. The van der Waals surface area contributed by atoms with Gasteiger partial charge in [0.2, 0.25) is 5.91 Å². The molecule has 0 saturated carbocycles. The molecule has 0 aromatic heterocycles. The first-order valence-electron chi connectivity index (χ1n) is 29.4. The van der Waals surface area contributed by atoms with Crippen molar-refractivity contribution in [2.24, 2.45) is 0 Å². The molecule has 0 rings (SSSR count). The molecule has 0 aliphatic heterocycles. The van der Waals surface area contributed by atoms with E-state index >= 15 is 0 Å². The first-order valence-corrected chi connectivity index (χ1v) is 29.4. The third-order valence-corrected chi connectivity index (χ3v) is 14.0. The number of hydrogen-bond donors (Lipinski definition) is 3. The Morgan fingerprint density at radius 1 is 0.365 bits per heavy atom. The van der Waals surface area contributed by atoms with E-state index in [1.54, 1.807) is 0 Å². The van der Waals surface area contributed by atoms with Crippen LogP contribution < -0.4 is 5.32 Å². The van der Waals surface area contributed by atoms with Gasteiger partial charge >= 0.3 is 0 Å². The van der Waals surface area contributed by atoms with Crippen LogP contribution in [-0.2, 0) is 4.79 Å². The number of carbonyl (C=O) groups is 1. The maximum atomic E-state index is 12.5. The van der Waals surface area contributed by atoms with Gasteiger partial charge in [0.05, 0.1) is 18.8 Å². The summed E-state index contributed by atoms with van der Waals surface area (Å²) in [6.07, 6.45) is 72.2. The largest absolute Gasteiger partial charge is 0.394 e. The lowest BCUT2D eigenvalue weighted by atomic mass is 10.0. The number of rotatable bonds is 55. The van der Waals surface area contributed by atoms with E-state index in [4.69, 9.17) is 0 Å². The average molecular weight is 889 g/mol. The number of aliphatic hydroxyl groups is 2. The van der Waals surface area contributed by atoms with E-state index < -0.39 is 12.1 Å². The van der Waals surface area contributed by atoms with E-state index in [0.29, 0.717) is 12.8 Å². The second-order valence-corrected chi connectivity index (χ2v) is 20.4. The van der Waals surface area contributed by atoms with Crippen LogP contribution in [0.5, 0.6) is 0 Å². The van der Waals surface area contributed by atoms with Gasteiger partial charge in [0, 0.05) is 6.42 Å². The summed E-state index contributed by atoms with van der Waals surface area (Å²) >= 11 is 0. The fourth-order valence-electron chi connectivity index (χ4n) is 9.54. The minimum absolute atomic E-state index is 0.0234. The lowest BCUT2D eigenvalue weighted by molar-refractivity contribution is -0.123. The molecule has 0 radical (unpaired) electrons. The van der Waals surface area contributed by atoms with E-state index in [-0.39, 0.29) is 12.5 Å². The van der Waals surface area contributed by atoms with E-state index in [0.717, 1.165) is 25.7 Å². The van der Waals surface area contributed by atoms with E-state index in [9.17, 15) is 15.0 Å². The maximum absolute atomic E-state index is 12.5. The highest BCUT2D eigenvalue weighted by molar-refractivity contribution is 5.76. The zero-order chi connectivity index (χ0) is 45.6. The van der Waals surface area contributed by atoms with Crippen molar-refractivity contribution in [3.05, 3.63) is 12.2 Å². The monoisotopic (exact) mass is 888 g/mol. The second-order valence-electron chi connectivity index (χ2n) is 20.4. The van der Waals surface area contributed by atoms with E-state index in [1.165, 1.54) is 289 Å². The van der Waals surface area contributed by atoms with Crippen molar-refractivity contribution in [1.29, 1.82) is 0 Å². The molecular formula is C59H117NO3.